The fraction of sp³-hybridized carbons (Fsp3) is 0.0400. The summed E-state index contributed by atoms with van der Waals surface area (Å²) in [5, 5.41) is 5.95. The Kier molecular flexibility index (Phi) is 4.81. The zero-order chi connectivity index (χ0) is 20.5. The van der Waals surface area contributed by atoms with Gasteiger partial charge in [0.1, 0.15) is 11.4 Å². The van der Waals surface area contributed by atoms with E-state index in [1.807, 2.05) is 77.5 Å². The first-order chi connectivity index (χ1) is 14.7. The monoisotopic (exact) mass is 455 g/mol. The highest BCUT2D eigenvalue weighted by Gasteiger charge is 2.16. The van der Waals surface area contributed by atoms with Gasteiger partial charge in [-0.1, -0.05) is 46.3 Å². The summed E-state index contributed by atoms with van der Waals surface area (Å²) in [6, 6.07) is 30.4. The molecule has 0 radical (unpaired) electrons. The van der Waals surface area contributed by atoms with Crippen molar-refractivity contribution in [3.8, 4) is 34.0 Å². The number of benzene rings is 3. The summed E-state index contributed by atoms with van der Waals surface area (Å²) in [6.07, 6.45) is 0. The lowest BCUT2D eigenvalue weighted by Gasteiger charge is -2.05. The number of para-hydroxylation sites is 1. The van der Waals surface area contributed by atoms with Crippen molar-refractivity contribution in [2.24, 2.45) is 0 Å². The lowest BCUT2D eigenvalue weighted by atomic mass is 10.1. The highest BCUT2D eigenvalue weighted by molar-refractivity contribution is 9.10. The third-order valence-corrected chi connectivity index (χ3v) is 5.56. The molecule has 0 bridgehead atoms. The van der Waals surface area contributed by atoms with E-state index >= 15 is 0 Å². The minimum absolute atomic E-state index is 0.826. The van der Waals surface area contributed by atoms with Crippen molar-refractivity contribution < 1.29 is 4.74 Å². The normalized spacial score (nSPS) is 11.0. The zero-order valence-electron chi connectivity index (χ0n) is 16.3. The van der Waals surface area contributed by atoms with Crippen molar-refractivity contribution in [3.05, 3.63) is 95.5 Å². The van der Waals surface area contributed by atoms with Crippen LogP contribution in [0.2, 0.25) is 0 Å². The van der Waals surface area contributed by atoms with Crippen LogP contribution in [0.5, 0.6) is 5.75 Å². The van der Waals surface area contributed by atoms with Crippen molar-refractivity contribution in [1.82, 2.24) is 14.8 Å². The number of hydrogen-bond acceptors (Lipinski definition) is 3. The van der Waals surface area contributed by atoms with Crippen LogP contribution in [0.1, 0.15) is 0 Å². The van der Waals surface area contributed by atoms with Gasteiger partial charge in [0.25, 0.3) is 0 Å². The van der Waals surface area contributed by atoms with E-state index in [0.29, 0.717) is 0 Å². The molecule has 0 amide bonds. The van der Waals surface area contributed by atoms with Crippen LogP contribution in [-0.2, 0) is 0 Å². The van der Waals surface area contributed by atoms with Gasteiger partial charge in [-0.25, -0.2) is 9.67 Å². The van der Waals surface area contributed by atoms with Gasteiger partial charge >= 0.3 is 0 Å². The van der Waals surface area contributed by atoms with Gasteiger partial charge in [-0.2, -0.15) is 5.10 Å². The largest absolute Gasteiger partial charge is 0.497 e. The molecular formula is C25H18BrN3O. The van der Waals surface area contributed by atoms with E-state index in [1.165, 1.54) is 0 Å². The summed E-state index contributed by atoms with van der Waals surface area (Å²) in [5.41, 5.74) is 5.69. The van der Waals surface area contributed by atoms with Crippen molar-refractivity contribution >= 4 is 27.0 Å². The molecule has 0 aliphatic heterocycles. The highest BCUT2D eigenvalue weighted by Crippen LogP contribution is 2.32. The van der Waals surface area contributed by atoms with Gasteiger partial charge in [-0.05, 0) is 60.7 Å². The number of halogens is 1. The average Bonchev–Trinajstić information content (AvgIpc) is 3.19. The number of ether oxygens (including phenoxy) is 1. The topological polar surface area (TPSA) is 39.9 Å². The first kappa shape index (κ1) is 18.6. The second-order valence-corrected chi connectivity index (χ2v) is 7.81. The number of aromatic nitrogens is 3. The Hall–Kier alpha value is -3.44. The lowest BCUT2D eigenvalue weighted by molar-refractivity contribution is 0.415. The van der Waals surface area contributed by atoms with Crippen LogP contribution in [-0.4, -0.2) is 21.9 Å². The summed E-state index contributed by atoms with van der Waals surface area (Å²) in [7, 11) is 1.67. The maximum Gasteiger partial charge on any atom is 0.164 e. The fourth-order valence-electron chi connectivity index (χ4n) is 3.49. The fourth-order valence-corrected chi connectivity index (χ4v) is 3.75. The molecule has 2 heterocycles. The van der Waals surface area contributed by atoms with Gasteiger partial charge in [0.15, 0.2) is 5.65 Å². The Morgan fingerprint density at radius 1 is 0.767 bits per heavy atom. The molecule has 0 saturated carbocycles. The average molecular weight is 456 g/mol. The van der Waals surface area contributed by atoms with Crippen LogP contribution in [0.15, 0.2) is 95.5 Å². The molecule has 0 N–H and O–H groups in total. The van der Waals surface area contributed by atoms with E-state index in [-0.39, 0.29) is 0 Å². The number of rotatable bonds is 4. The van der Waals surface area contributed by atoms with Gasteiger partial charge in [0.05, 0.1) is 18.5 Å². The number of hydrogen-bond donors (Lipinski definition) is 0. The molecule has 0 aliphatic rings. The molecule has 0 aliphatic carbocycles. The van der Waals surface area contributed by atoms with E-state index in [0.717, 1.165) is 49.5 Å². The maximum atomic E-state index is 5.28. The molecule has 5 heteroatoms. The Bertz CT molecular complexity index is 1310. The lowest BCUT2D eigenvalue weighted by Crippen LogP contribution is -1.98. The first-order valence-corrected chi connectivity index (χ1v) is 10.4. The Balaban J connectivity index is 1.72. The van der Waals surface area contributed by atoms with E-state index in [4.69, 9.17) is 14.8 Å². The van der Waals surface area contributed by atoms with E-state index < -0.39 is 0 Å². The molecule has 0 spiro atoms. The summed E-state index contributed by atoms with van der Waals surface area (Å²) in [5.74, 6) is 0.826. The predicted octanol–water partition coefficient (Wildman–Crippen LogP) is 6.53. The Labute approximate surface area is 182 Å². The number of fused-ring (bicyclic) bond motifs is 1. The van der Waals surface area contributed by atoms with Crippen LogP contribution >= 0.6 is 15.9 Å². The van der Waals surface area contributed by atoms with Gasteiger partial charge in [-0.3, -0.25) is 0 Å². The standard InChI is InChI=1S/C25H18BrN3O/c1-30-21-13-9-17(10-14-21)23-16-15-22-24(18-7-11-19(26)12-8-18)28-29(25(22)27-23)20-5-3-2-4-6-20/h2-16H,1H3. The van der Waals surface area contributed by atoms with E-state index in [1.54, 1.807) is 7.11 Å². The third kappa shape index (κ3) is 3.37. The Morgan fingerprint density at radius 2 is 1.47 bits per heavy atom. The second-order valence-electron chi connectivity index (χ2n) is 6.90. The Morgan fingerprint density at radius 3 is 2.17 bits per heavy atom. The molecule has 3 aromatic carbocycles. The van der Waals surface area contributed by atoms with Gasteiger partial charge in [0.2, 0.25) is 0 Å². The van der Waals surface area contributed by atoms with Crippen molar-refractivity contribution in [2.45, 2.75) is 0 Å². The number of nitrogens with zero attached hydrogens (tertiary/aromatic N) is 3. The number of methoxy groups -OCH3 is 1. The molecule has 146 valence electrons. The van der Waals surface area contributed by atoms with Gasteiger partial charge in [-0.15, -0.1) is 0 Å². The molecule has 0 saturated heterocycles. The smallest absolute Gasteiger partial charge is 0.164 e. The predicted molar refractivity (Wildman–Crippen MR) is 124 cm³/mol. The van der Waals surface area contributed by atoms with Crippen molar-refractivity contribution in [3.63, 3.8) is 0 Å². The van der Waals surface area contributed by atoms with Gasteiger partial charge < -0.3 is 4.74 Å². The van der Waals surface area contributed by atoms with Gasteiger partial charge in [0, 0.05) is 21.0 Å². The molecule has 4 nitrogen and oxygen atoms in total. The van der Waals surface area contributed by atoms with Crippen LogP contribution in [0, 0.1) is 0 Å². The minimum atomic E-state index is 0.826. The summed E-state index contributed by atoms with van der Waals surface area (Å²) in [4.78, 5) is 4.99. The maximum absolute atomic E-state index is 5.28. The van der Waals surface area contributed by atoms with Crippen molar-refractivity contribution in [1.29, 1.82) is 0 Å². The number of pyridine rings is 1. The van der Waals surface area contributed by atoms with E-state index in [9.17, 15) is 0 Å². The minimum Gasteiger partial charge on any atom is -0.497 e. The van der Waals surface area contributed by atoms with Crippen molar-refractivity contribution in [2.75, 3.05) is 7.11 Å². The molecule has 0 atom stereocenters. The molecule has 30 heavy (non-hydrogen) atoms. The molecule has 0 fully saturated rings. The summed E-state index contributed by atoms with van der Waals surface area (Å²) >= 11 is 3.51. The highest BCUT2D eigenvalue weighted by atomic mass is 79.9. The molecular weight excluding hydrogens is 438 g/mol. The van der Waals surface area contributed by atoms with Crippen LogP contribution in [0.25, 0.3) is 39.2 Å². The summed E-state index contributed by atoms with van der Waals surface area (Å²) < 4.78 is 8.23. The van der Waals surface area contributed by atoms with Crippen LogP contribution in [0.4, 0.5) is 0 Å². The molecule has 5 aromatic rings. The zero-order valence-corrected chi connectivity index (χ0v) is 17.9. The molecule has 0 unspecified atom stereocenters. The third-order valence-electron chi connectivity index (χ3n) is 5.04. The van der Waals surface area contributed by atoms with Crippen LogP contribution in [0.3, 0.4) is 0 Å². The van der Waals surface area contributed by atoms with E-state index in [2.05, 4.69) is 34.1 Å². The second kappa shape index (κ2) is 7.76. The first-order valence-electron chi connectivity index (χ1n) is 9.58. The summed E-state index contributed by atoms with van der Waals surface area (Å²) in [6.45, 7) is 0. The SMILES string of the molecule is COc1ccc(-c2ccc3c(-c4ccc(Br)cc4)nn(-c4ccccc4)c3n2)cc1. The van der Waals surface area contributed by atoms with Crippen LogP contribution < -0.4 is 4.74 Å². The molecule has 5 rings (SSSR count). The quantitative estimate of drug-likeness (QED) is 0.309. The molecule has 2 aromatic heterocycles.